The molecule has 0 nitrogen and oxygen atoms in total. The molecule has 0 atom stereocenters. The second-order valence-corrected chi connectivity index (χ2v) is 9.64. The maximum atomic E-state index is 3.91. The standard InChI is InChI=1S/C5H5.C4H11Si.2C3H7.Pt/c1-2-4-5-3-1;1-5(2,3)4;2*1-3-2;/h1-5H;1H2,2-4H3;2*1,3H2,2H3;/q4*-1;+4. The summed E-state index contributed by atoms with van der Waals surface area (Å²) in [6.45, 7) is 21.6. The van der Waals surface area contributed by atoms with Gasteiger partial charge in [0, 0.05) is 0 Å². The summed E-state index contributed by atoms with van der Waals surface area (Å²) in [4.78, 5) is 0. The van der Waals surface area contributed by atoms with Crippen molar-refractivity contribution in [2.75, 3.05) is 0 Å². The molecule has 0 aliphatic rings. The quantitative estimate of drug-likeness (QED) is 0.371. The van der Waals surface area contributed by atoms with E-state index in [0.717, 1.165) is 12.8 Å². The molecule has 0 N–H and O–H groups in total. The topological polar surface area (TPSA) is 0 Å². The fraction of sp³-hybridized carbons (Fsp3) is 0.467. The van der Waals surface area contributed by atoms with Gasteiger partial charge in [0.15, 0.2) is 0 Å². The van der Waals surface area contributed by atoms with Crippen LogP contribution in [0.25, 0.3) is 0 Å². The average molecular weight is 434 g/mol. The Morgan fingerprint density at radius 1 is 0.941 bits per heavy atom. The Bertz CT molecular complexity index is 138. The third-order valence-corrected chi connectivity index (χ3v) is 0.556. The maximum absolute atomic E-state index is 3.91. The average Bonchev–Trinajstić information content (AvgIpc) is 2.58. The van der Waals surface area contributed by atoms with E-state index < -0.39 is 8.07 Å². The summed E-state index contributed by atoms with van der Waals surface area (Å²) < 4.78 is 0. The zero-order valence-corrected chi connectivity index (χ0v) is 15.5. The monoisotopic (exact) mass is 433 g/mol. The number of hydrogen-bond acceptors (Lipinski definition) is 0. The van der Waals surface area contributed by atoms with Gasteiger partial charge in [-0.3, -0.25) is 0 Å². The van der Waals surface area contributed by atoms with Crippen LogP contribution in [-0.4, -0.2) is 8.07 Å². The van der Waals surface area contributed by atoms with Crippen LogP contribution in [0, 0.1) is 20.4 Å². The molecule has 104 valence electrons. The van der Waals surface area contributed by atoms with E-state index in [1.165, 1.54) is 0 Å². The van der Waals surface area contributed by atoms with E-state index in [4.69, 9.17) is 0 Å². The van der Waals surface area contributed by atoms with Gasteiger partial charge in [0.25, 0.3) is 0 Å². The SMILES string of the molecule is [CH2-]CC.[CH2-]CC.[CH2-][Si](C)(C)C.[Pt+4].c1cc[cH-]c1. The van der Waals surface area contributed by atoms with Crippen LogP contribution in [0.15, 0.2) is 30.3 Å². The van der Waals surface area contributed by atoms with E-state index in [2.05, 4.69) is 40.0 Å². The smallest absolute Gasteiger partial charge is 0.344 e. The van der Waals surface area contributed by atoms with E-state index in [0.29, 0.717) is 0 Å². The van der Waals surface area contributed by atoms with Gasteiger partial charge in [0.1, 0.15) is 0 Å². The van der Waals surface area contributed by atoms with Crippen molar-refractivity contribution in [3.05, 3.63) is 50.7 Å². The predicted octanol–water partition coefficient (Wildman–Crippen LogP) is 5.56. The maximum Gasteiger partial charge on any atom is 4.00 e. The molecule has 2 heteroatoms. The Hall–Kier alpha value is 0.255. The Morgan fingerprint density at radius 3 is 1.18 bits per heavy atom. The molecule has 0 unspecified atom stereocenters. The van der Waals surface area contributed by atoms with Crippen LogP contribution in [0.5, 0.6) is 0 Å². The molecular formula is C15H30PtSi. The first-order chi connectivity index (χ1) is 7.33. The molecule has 0 amide bonds. The molecule has 0 heterocycles. The molecule has 0 saturated carbocycles. The molecular weight excluding hydrogens is 403 g/mol. The van der Waals surface area contributed by atoms with Gasteiger partial charge in [0.05, 0.1) is 0 Å². The summed E-state index contributed by atoms with van der Waals surface area (Å²) in [5, 5.41) is 0. The van der Waals surface area contributed by atoms with Crippen LogP contribution in [0.4, 0.5) is 0 Å². The fourth-order valence-electron chi connectivity index (χ4n) is 0.321. The molecule has 17 heavy (non-hydrogen) atoms. The van der Waals surface area contributed by atoms with Crippen LogP contribution in [0.3, 0.4) is 0 Å². The zero-order valence-electron chi connectivity index (χ0n) is 12.2. The van der Waals surface area contributed by atoms with Gasteiger partial charge >= 0.3 is 21.1 Å². The Balaban J connectivity index is -0.0000000673. The molecule has 1 rings (SSSR count). The van der Waals surface area contributed by atoms with Crippen molar-refractivity contribution in [1.82, 2.24) is 0 Å². The van der Waals surface area contributed by atoms with Crippen LogP contribution in [-0.2, 0) is 21.1 Å². The molecule has 1 aromatic rings. The van der Waals surface area contributed by atoms with Crippen molar-refractivity contribution >= 4 is 8.07 Å². The predicted molar refractivity (Wildman–Crippen MR) is 82.0 cm³/mol. The fourth-order valence-corrected chi connectivity index (χ4v) is 0.321. The van der Waals surface area contributed by atoms with Gasteiger partial charge < -0.3 is 20.4 Å². The van der Waals surface area contributed by atoms with E-state index in [1.807, 2.05) is 44.2 Å². The second-order valence-electron chi connectivity index (χ2n) is 4.52. The van der Waals surface area contributed by atoms with Gasteiger partial charge in [-0.05, 0) is 0 Å². The first-order valence-electron chi connectivity index (χ1n) is 5.93. The summed E-state index contributed by atoms with van der Waals surface area (Å²) in [5.74, 6) is 0. The van der Waals surface area contributed by atoms with E-state index in [9.17, 15) is 0 Å². The minimum Gasteiger partial charge on any atom is -0.344 e. The van der Waals surface area contributed by atoms with Crippen molar-refractivity contribution in [1.29, 1.82) is 0 Å². The van der Waals surface area contributed by atoms with Gasteiger partial charge in [-0.25, -0.2) is 12.1 Å². The molecule has 0 aromatic heterocycles. The summed E-state index contributed by atoms with van der Waals surface area (Å²) >= 11 is 0. The van der Waals surface area contributed by atoms with Crippen LogP contribution >= 0.6 is 0 Å². The first-order valence-corrected chi connectivity index (χ1v) is 9.64. The van der Waals surface area contributed by atoms with Crippen molar-refractivity contribution in [2.24, 2.45) is 0 Å². The molecule has 0 spiro atoms. The Morgan fingerprint density at radius 2 is 1.12 bits per heavy atom. The third-order valence-electron chi connectivity index (χ3n) is 0.556. The normalized spacial score (nSPS) is 8.00. The van der Waals surface area contributed by atoms with Crippen LogP contribution < -0.4 is 0 Å². The second kappa shape index (κ2) is 21.5. The van der Waals surface area contributed by atoms with Gasteiger partial charge in [-0.1, -0.05) is 33.5 Å². The van der Waals surface area contributed by atoms with Crippen molar-refractivity contribution in [3.8, 4) is 0 Å². The largest absolute Gasteiger partial charge is 4.00 e. The van der Waals surface area contributed by atoms with Gasteiger partial charge in [-0.2, -0.15) is 31.0 Å². The summed E-state index contributed by atoms with van der Waals surface area (Å²) in [7, 11) is -0.861. The first kappa shape index (κ1) is 25.9. The molecule has 0 bridgehead atoms. The Labute approximate surface area is 126 Å². The zero-order chi connectivity index (χ0) is 13.4. The van der Waals surface area contributed by atoms with E-state index >= 15 is 0 Å². The van der Waals surface area contributed by atoms with Crippen LogP contribution in [0.2, 0.25) is 19.6 Å². The van der Waals surface area contributed by atoms with Crippen molar-refractivity contribution in [3.63, 3.8) is 0 Å². The van der Waals surface area contributed by atoms with Crippen molar-refractivity contribution < 1.29 is 21.1 Å². The summed E-state index contributed by atoms with van der Waals surface area (Å²) in [6, 6.07) is 10.0. The summed E-state index contributed by atoms with van der Waals surface area (Å²) in [5.41, 5.74) is 0. The number of rotatable bonds is 0. The molecule has 0 saturated heterocycles. The molecule has 0 radical (unpaired) electrons. The van der Waals surface area contributed by atoms with Crippen molar-refractivity contribution in [2.45, 2.75) is 46.3 Å². The van der Waals surface area contributed by atoms with E-state index in [1.54, 1.807) is 0 Å². The number of hydrogen-bond donors (Lipinski definition) is 0. The third kappa shape index (κ3) is 120. The van der Waals surface area contributed by atoms with Crippen LogP contribution in [0.1, 0.15) is 26.7 Å². The minimum atomic E-state index is -0.861. The summed E-state index contributed by atoms with van der Waals surface area (Å²) in [6.07, 6.45) is 2.00. The molecule has 0 aliphatic carbocycles. The van der Waals surface area contributed by atoms with Gasteiger partial charge in [0.2, 0.25) is 0 Å². The van der Waals surface area contributed by atoms with E-state index in [-0.39, 0.29) is 21.1 Å². The Kier molecular flexibility index (Phi) is 32.9. The molecule has 0 aliphatic heterocycles. The minimum absolute atomic E-state index is 0. The molecule has 1 aromatic carbocycles. The molecule has 0 fully saturated rings. The van der Waals surface area contributed by atoms with Gasteiger partial charge in [-0.15, -0.1) is 8.07 Å².